The van der Waals surface area contributed by atoms with E-state index in [0.29, 0.717) is 22.8 Å². The number of nitrogens with one attached hydrogen (secondary N) is 1. The van der Waals surface area contributed by atoms with E-state index in [2.05, 4.69) is 27.3 Å². The number of hydrogen-bond acceptors (Lipinski definition) is 3. The molecule has 1 atom stereocenters. The average Bonchev–Trinajstić information content (AvgIpc) is 2.61. The Morgan fingerprint density at radius 1 is 1.17 bits per heavy atom. The summed E-state index contributed by atoms with van der Waals surface area (Å²) in [7, 11) is 0. The fraction of sp³-hybridized carbons (Fsp3) is 0.158. The lowest BCUT2D eigenvalue weighted by atomic mass is 9.87. The molecule has 0 unspecified atom stereocenters. The summed E-state index contributed by atoms with van der Waals surface area (Å²) >= 11 is 4.92. The molecule has 0 spiro atoms. The zero-order valence-corrected chi connectivity index (χ0v) is 15.2. The smallest absolute Gasteiger partial charge is 0.225 e. The van der Waals surface area contributed by atoms with Crippen LogP contribution in [-0.4, -0.2) is 5.91 Å². The van der Waals surface area contributed by atoms with Gasteiger partial charge in [0.25, 0.3) is 0 Å². The van der Waals surface area contributed by atoms with Crippen LogP contribution in [0.2, 0.25) is 0 Å². The maximum absolute atomic E-state index is 12.1. The molecule has 0 radical (unpaired) electrons. The first kappa shape index (κ1) is 16.8. The number of amides is 1. The van der Waals surface area contributed by atoms with Crippen molar-refractivity contribution in [3.63, 3.8) is 0 Å². The van der Waals surface area contributed by atoms with Crippen molar-refractivity contribution >= 4 is 33.6 Å². The molecule has 3 rings (SSSR count). The lowest BCUT2D eigenvalue weighted by Crippen LogP contribution is -2.30. The van der Waals surface area contributed by atoms with E-state index in [9.17, 15) is 10.1 Å². The third kappa shape index (κ3) is 3.89. The van der Waals surface area contributed by atoms with Gasteiger partial charge in [0.15, 0.2) is 0 Å². The number of nitrogens with zero attached hydrogens (tertiary/aromatic N) is 1. The van der Waals surface area contributed by atoms with Gasteiger partial charge in [-0.05, 0) is 23.3 Å². The van der Waals surface area contributed by atoms with Crippen molar-refractivity contribution in [3.05, 3.63) is 80.8 Å². The van der Waals surface area contributed by atoms with Crippen LogP contribution in [0.4, 0.5) is 0 Å². The Morgan fingerprint density at radius 2 is 1.88 bits per heavy atom. The molecule has 2 aromatic rings. The first-order valence-corrected chi connectivity index (χ1v) is 9.31. The van der Waals surface area contributed by atoms with E-state index >= 15 is 0 Å². The molecule has 1 amide bonds. The van der Waals surface area contributed by atoms with Gasteiger partial charge in [-0.2, -0.15) is 5.26 Å². The van der Waals surface area contributed by atoms with Crippen molar-refractivity contribution in [1.82, 2.24) is 5.32 Å². The second-order valence-electron chi connectivity index (χ2n) is 5.49. The van der Waals surface area contributed by atoms with Gasteiger partial charge in [0.1, 0.15) is 0 Å². The van der Waals surface area contributed by atoms with E-state index in [-0.39, 0.29) is 11.8 Å². The SMILES string of the molecule is N#CC1=C(SCc2ccc(Br)cc2)NC(=O)C[C@H]1c1ccccc1. The topological polar surface area (TPSA) is 52.9 Å². The van der Waals surface area contributed by atoms with Crippen molar-refractivity contribution in [3.8, 4) is 6.07 Å². The summed E-state index contributed by atoms with van der Waals surface area (Å²) in [5.74, 6) is 0.494. The van der Waals surface area contributed by atoms with Gasteiger partial charge in [0.05, 0.1) is 16.7 Å². The summed E-state index contributed by atoms with van der Waals surface area (Å²) in [5.41, 5.74) is 2.79. The van der Waals surface area contributed by atoms with Crippen molar-refractivity contribution in [2.75, 3.05) is 0 Å². The summed E-state index contributed by atoms with van der Waals surface area (Å²) in [6.45, 7) is 0. The molecule has 0 saturated heterocycles. The van der Waals surface area contributed by atoms with E-state index in [1.807, 2.05) is 54.6 Å². The maximum Gasteiger partial charge on any atom is 0.225 e. The minimum Gasteiger partial charge on any atom is -0.320 e. The fourth-order valence-corrected chi connectivity index (χ4v) is 3.94. The minimum absolute atomic E-state index is 0.0406. The van der Waals surface area contributed by atoms with Crippen LogP contribution in [0.3, 0.4) is 0 Å². The van der Waals surface area contributed by atoms with Crippen LogP contribution in [0, 0.1) is 11.3 Å². The van der Waals surface area contributed by atoms with Gasteiger partial charge < -0.3 is 5.32 Å². The monoisotopic (exact) mass is 398 g/mol. The highest BCUT2D eigenvalue weighted by molar-refractivity contribution is 9.10. The van der Waals surface area contributed by atoms with E-state index < -0.39 is 0 Å². The number of hydrogen-bond donors (Lipinski definition) is 1. The van der Waals surface area contributed by atoms with Crippen LogP contribution in [-0.2, 0) is 10.5 Å². The Balaban J connectivity index is 1.85. The van der Waals surface area contributed by atoms with Crippen LogP contribution in [0.25, 0.3) is 0 Å². The molecule has 1 aliphatic heterocycles. The molecule has 1 aliphatic rings. The van der Waals surface area contributed by atoms with Crippen LogP contribution in [0.15, 0.2) is 69.7 Å². The van der Waals surface area contributed by atoms with Crippen molar-refractivity contribution in [1.29, 1.82) is 5.26 Å². The van der Waals surface area contributed by atoms with Crippen molar-refractivity contribution in [2.24, 2.45) is 0 Å². The Kier molecular flexibility index (Phi) is 5.39. The molecule has 1 N–H and O–H groups in total. The van der Waals surface area contributed by atoms with Gasteiger partial charge in [-0.25, -0.2) is 0 Å². The average molecular weight is 399 g/mol. The van der Waals surface area contributed by atoms with Gasteiger partial charge in [-0.1, -0.05) is 58.4 Å². The highest BCUT2D eigenvalue weighted by atomic mass is 79.9. The summed E-state index contributed by atoms with van der Waals surface area (Å²) in [6, 6.07) is 20.1. The van der Waals surface area contributed by atoms with Gasteiger partial charge in [0, 0.05) is 22.6 Å². The zero-order chi connectivity index (χ0) is 16.9. The van der Waals surface area contributed by atoms with Crippen LogP contribution >= 0.6 is 27.7 Å². The van der Waals surface area contributed by atoms with Crippen LogP contribution in [0.5, 0.6) is 0 Å². The van der Waals surface area contributed by atoms with Crippen molar-refractivity contribution < 1.29 is 4.79 Å². The number of rotatable bonds is 4. The first-order chi connectivity index (χ1) is 11.7. The zero-order valence-electron chi connectivity index (χ0n) is 12.8. The standard InChI is InChI=1S/C19H15BrN2OS/c20-15-8-6-13(7-9-15)12-24-19-17(11-21)16(10-18(23)22-19)14-4-2-1-3-5-14/h1-9,16H,10,12H2,(H,22,23)/t16-/m0/s1. The summed E-state index contributed by atoms with van der Waals surface area (Å²) in [5, 5.41) is 13.2. The molecule has 0 aliphatic carbocycles. The van der Waals surface area contributed by atoms with Gasteiger partial charge in [-0.15, -0.1) is 11.8 Å². The number of allylic oxidation sites excluding steroid dienone is 1. The Hall–Kier alpha value is -2.03. The third-order valence-electron chi connectivity index (χ3n) is 3.85. The highest BCUT2D eigenvalue weighted by Crippen LogP contribution is 2.36. The predicted molar refractivity (Wildman–Crippen MR) is 100 cm³/mol. The molecule has 24 heavy (non-hydrogen) atoms. The Bertz CT molecular complexity index is 810. The fourth-order valence-electron chi connectivity index (χ4n) is 2.64. The Labute approximate surface area is 153 Å². The second-order valence-corrected chi connectivity index (χ2v) is 7.39. The lowest BCUT2D eigenvalue weighted by Gasteiger charge is -2.25. The van der Waals surface area contributed by atoms with Crippen LogP contribution in [0.1, 0.15) is 23.5 Å². The molecule has 0 aromatic heterocycles. The molecule has 0 bridgehead atoms. The number of benzene rings is 2. The number of nitriles is 1. The van der Waals surface area contributed by atoms with E-state index in [4.69, 9.17) is 0 Å². The van der Waals surface area contributed by atoms with E-state index in [1.165, 1.54) is 11.8 Å². The molecule has 5 heteroatoms. The molecule has 1 heterocycles. The first-order valence-electron chi connectivity index (χ1n) is 7.53. The summed E-state index contributed by atoms with van der Waals surface area (Å²) in [4.78, 5) is 12.1. The van der Waals surface area contributed by atoms with Crippen LogP contribution < -0.4 is 5.32 Å². The second kappa shape index (κ2) is 7.69. The van der Waals surface area contributed by atoms with Crippen molar-refractivity contribution in [2.45, 2.75) is 18.1 Å². The summed E-state index contributed by atoms with van der Waals surface area (Å²) < 4.78 is 1.03. The predicted octanol–water partition coefficient (Wildman–Crippen LogP) is 4.72. The molecule has 0 saturated carbocycles. The molecule has 3 nitrogen and oxygen atoms in total. The summed E-state index contributed by atoms with van der Waals surface area (Å²) in [6.07, 6.45) is 0.315. The van der Waals surface area contributed by atoms with Gasteiger partial charge in [0.2, 0.25) is 5.91 Å². The molecular weight excluding hydrogens is 384 g/mol. The lowest BCUT2D eigenvalue weighted by molar-refractivity contribution is -0.120. The number of thioether (sulfide) groups is 1. The maximum atomic E-state index is 12.1. The number of halogens is 1. The van der Waals surface area contributed by atoms with E-state index in [1.54, 1.807) is 0 Å². The van der Waals surface area contributed by atoms with Gasteiger partial charge in [-0.3, -0.25) is 4.79 Å². The normalized spacial score (nSPS) is 17.3. The molecule has 2 aromatic carbocycles. The Morgan fingerprint density at radius 3 is 2.54 bits per heavy atom. The minimum atomic E-state index is -0.169. The van der Waals surface area contributed by atoms with E-state index in [0.717, 1.165) is 15.6 Å². The molecule has 120 valence electrons. The quantitative estimate of drug-likeness (QED) is 0.810. The molecule has 0 fully saturated rings. The molecular formula is C19H15BrN2OS. The number of carbonyl (C=O) groups excluding carboxylic acids is 1. The largest absolute Gasteiger partial charge is 0.320 e. The van der Waals surface area contributed by atoms with Gasteiger partial charge >= 0.3 is 0 Å². The number of carbonyl (C=O) groups is 1. The highest BCUT2D eigenvalue weighted by Gasteiger charge is 2.29. The third-order valence-corrected chi connectivity index (χ3v) is 5.47.